The molecule has 3 unspecified atom stereocenters. The number of aliphatic hydroxyl groups is 1. The Kier molecular flexibility index (Phi) is 1.76. The van der Waals surface area contributed by atoms with Gasteiger partial charge >= 0.3 is 0 Å². The topological polar surface area (TPSA) is 37.3 Å². The third-order valence-corrected chi connectivity index (χ3v) is 3.71. The number of fused-ring (bicyclic) bond motifs is 2. The van der Waals surface area contributed by atoms with Crippen LogP contribution < -0.4 is 0 Å². The lowest BCUT2D eigenvalue weighted by molar-refractivity contribution is -0.144. The van der Waals surface area contributed by atoms with Gasteiger partial charge in [0.2, 0.25) is 0 Å². The van der Waals surface area contributed by atoms with Crippen LogP contribution in [0.25, 0.3) is 0 Å². The van der Waals surface area contributed by atoms with Crippen LogP contribution >= 0.6 is 0 Å². The Hall–Kier alpha value is -0.370. The minimum atomic E-state index is -0.388. The first-order valence-corrected chi connectivity index (χ1v) is 4.84. The molecule has 0 aromatic rings. The molecule has 2 saturated carbocycles. The molecule has 0 aromatic carbocycles. The minimum absolute atomic E-state index is 0.283. The number of carbonyl (C=O) groups is 1. The normalized spacial score (nSPS) is 47.7. The summed E-state index contributed by atoms with van der Waals surface area (Å²) in [6, 6.07) is 0. The molecule has 0 saturated heterocycles. The number of hydrogen-bond donors (Lipinski definition) is 1. The van der Waals surface area contributed by atoms with Gasteiger partial charge in [0, 0.05) is 6.42 Å². The molecule has 2 fully saturated rings. The van der Waals surface area contributed by atoms with E-state index in [-0.39, 0.29) is 17.3 Å². The molecule has 0 amide bonds. The lowest BCUT2D eigenvalue weighted by Gasteiger charge is -2.44. The van der Waals surface area contributed by atoms with Gasteiger partial charge in [-0.1, -0.05) is 6.92 Å². The van der Waals surface area contributed by atoms with E-state index in [0.29, 0.717) is 12.3 Å². The van der Waals surface area contributed by atoms with Gasteiger partial charge in [0.15, 0.2) is 0 Å². The Morgan fingerprint density at radius 3 is 2.83 bits per heavy atom. The first kappa shape index (κ1) is 8.24. The quantitative estimate of drug-likeness (QED) is 0.595. The second-order valence-corrected chi connectivity index (χ2v) is 4.54. The van der Waals surface area contributed by atoms with Gasteiger partial charge in [0.05, 0.1) is 11.5 Å². The van der Waals surface area contributed by atoms with Crippen LogP contribution in [0.3, 0.4) is 0 Å². The van der Waals surface area contributed by atoms with Crippen LogP contribution in [0.15, 0.2) is 0 Å². The zero-order valence-corrected chi connectivity index (χ0v) is 7.55. The van der Waals surface area contributed by atoms with E-state index >= 15 is 0 Å². The molecule has 2 heteroatoms. The van der Waals surface area contributed by atoms with Gasteiger partial charge in [-0.15, -0.1) is 0 Å². The number of aliphatic hydroxyl groups excluding tert-OH is 1. The highest BCUT2D eigenvalue weighted by molar-refractivity contribution is 5.86. The fourth-order valence-corrected chi connectivity index (χ4v) is 2.72. The summed E-state index contributed by atoms with van der Waals surface area (Å²) in [4.78, 5) is 11.6. The number of carbonyl (C=O) groups excluding carboxylic acids is 1. The van der Waals surface area contributed by atoms with Crippen molar-refractivity contribution in [3.8, 4) is 0 Å². The summed E-state index contributed by atoms with van der Waals surface area (Å²) in [7, 11) is 0. The Morgan fingerprint density at radius 2 is 2.17 bits per heavy atom. The van der Waals surface area contributed by atoms with Gasteiger partial charge in [0.1, 0.15) is 5.78 Å². The van der Waals surface area contributed by atoms with Gasteiger partial charge < -0.3 is 5.11 Å². The average Bonchev–Trinajstić information content (AvgIpc) is 2.05. The molecule has 0 spiro atoms. The maximum Gasteiger partial charge on any atom is 0.141 e. The summed E-state index contributed by atoms with van der Waals surface area (Å²) in [6.07, 6.45) is 4.24. The molecule has 0 aromatic heterocycles. The zero-order valence-electron chi connectivity index (χ0n) is 7.55. The maximum atomic E-state index is 11.6. The predicted octanol–water partition coefficient (Wildman–Crippen LogP) is 1.52. The van der Waals surface area contributed by atoms with Gasteiger partial charge in [0.25, 0.3) is 0 Å². The summed E-state index contributed by atoms with van der Waals surface area (Å²) in [5.74, 6) is 0.988. The van der Waals surface area contributed by atoms with Crippen molar-refractivity contribution in [2.45, 2.75) is 45.1 Å². The van der Waals surface area contributed by atoms with E-state index in [4.69, 9.17) is 0 Å². The SMILES string of the molecule is CC12CC(CCC1=O)CCC2O. The minimum Gasteiger partial charge on any atom is -0.392 e. The third kappa shape index (κ3) is 1.01. The van der Waals surface area contributed by atoms with Crippen molar-refractivity contribution < 1.29 is 9.90 Å². The third-order valence-electron chi connectivity index (χ3n) is 3.71. The molecule has 2 bridgehead atoms. The predicted molar refractivity (Wildman–Crippen MR) is 45.7 cm³/mol. The van der Waals surface area contributed by atoms with Gasteiger partial charge in [-0.3, -0.25) is 4.79 Å². The first-order valence-electron chi connectivity index (χ1n) is 4.84. The highest BCUT2D eigenvalue weighted by Crippen LogP contribution is 2.46. The highest BCUT2D eigenvalue weighted by Gasteiger charge is 2.47. The second-order valence-electron chi connectivity index (χ2n) is 4.54. The van der Waals surface area contributed by atoms with Gasteiger partial charge in [-0.25, -0.2) is 0 Å². The fourth-order valence-electron chi connectivity index (χ4n) is 2.72. The van der Waals surface area contributed by atoms with Crippen LogP contribution in [0.1, 0.15) is 39.0 Å². The van der Waals surface area contributed by atoms with Crippen molar-refractivity contribution in [1.29, 1.82) is 0 Å². The molecule has 0 aliphatic heterocycles. The maximum absolute atomic E-state index is 11.6. The molecule has 2 nitrogen and oxygen atoms in total. The number of rotatable bonds is 0. The Morgan fingerprint density at radius 1 is 1.42 bits per heavy atom. The van der Waals surface area contributed by atoms with Crippen molar-refractivity contribution in [2.24, 2.45) is 11.3 Å². The van der Waals surface area contributed by atoms with Crippen LogP contribution in [0.2, 0.25) is 0 Å². The number of ketones is 1. The zero-order chi connectivity index (χ0) is 8.77. The van der Waals surface area contributed by atoms with Crippen LogP contribution in [-0.2, 0) is 4.79 Å². The van der Waals surface area contributed by atoms with Gasteiger partial charge in [-0.2, -0.15) is 0 Å². The van der Waals surface area contributed by atoms with E-state index in [0.717, 1.165) is 25.7 Å². The molecule has 2 rings (SSSR count). The molecule has 3 atom stereocenters. The first-order chi connectivity index (χ1) is 5.63. The Balaban J connectivity index is 2.25. The molecule has 0 heterocycles. The monoisotopic (exact) mass is 168 g/mol. The van der Waals surface area contributed by atoms with Crippen molar-refractivity contribution >= 4 is 5.78 Å². The molecule has 0 radical (unpaired) electrons. The number of Topliss-reactive ketones (excluding diaryl/α,β-unsaturated/α-hetero) is 1. The lowest BCUT2D eigenvalue weighted by Crippen LogP contribution is -2.47. The molecule has 2 aliphatic carbocycles. The summed E-state index contributed by atoms with van der Waals surface area (Å²) in [5, 5.41) is 9.73. The molecular formula is C10H16O2. The molecule has 1 N–H and O–H groups in total. The average molecular weight is 168 g/mol. The van der Waals surface area contributed by atoms with E-state index in [1.165, 1.54) is 0 Å². The van der Waals surface area contributed by atoms with E-state index in [1.54, 1.807) is 0 Å². The standard InChI is InChI=1S/C10H16O2/c1-10-6-7(2-4-8(10)11)3-5-9(10)12/h7-8,11H,2-6H2,1H3. The van der Waals surface area contributed by atoms with E-state index in [2.05, 4.69) is 0 Å². The molecule has 68 valence electrons. The van der Waals surface area contributed by atoms with Crippen LogP contribution in [0, 0.1) is 11.3 Å². The Bertz CT molecular complexity index is 212. The second kappa shape index (κ2) is 2.56. The summed E-state index contributed by atoms with van der Waals surface area (Å²) >= 11 is 0. The van der Waals surface area contributed by atoms with Crippen LogP contribution in [0.5, 0.6) is 0 Å². The molecular weight excluding hydrogens is 152 g/mol. The Labute approximate surface area is 73.0 Å². The van der Waals surface area contributed by atoms with Crippen LogP contribution in [0.4, 0.5) is 0 Å². The summed E-state index contributed by atoms with van der Waals surface area (Å²) < 4.78 is 0. The largest absolute Gasteiger partial charge is 0.392 e. The smallest absolute Gasteiger partial charge is 0.141 e. The van der Waals surface area contributed by atoms with Crippen molar-refractivity contribution in [3.63, 3.8) is 0 Å². The summed E-state index contributed by atoms with van der Waals surface area (Å²) in [5.41, 5.74) is -0.388. The number of hydrogen-bond acceptors (Lipinski definition) is 2. The molecule has 12 heavy (non-hydrogen) atoms. The van der Waals surface area contributed by atoms with Gasteiger partial charge in [-0.05, 0) is 31.6 Å². The van der Waals surface area contributed by atoms with E-state index in [1.807, 2.05) is 6.92 Å². The molecule has 2 aliphatic rings. The van der Waals surface area contributed by atoms with Crippen molar-refractivity contribution in [2.75, 3.05) is 0 Å². The van der Waals surface area contributed by atoms with E-state index < -0.39 is 0 Å². The van der Waals surface area contributed by atoms with E-state index in [9.17, 15) is 9.90 Å². The van der Waals surface area contributed by atoms with Crippen molar-refractivity contribution in [3.05, 3.63) is 0 Å². The fraction of sp³-hybridized carbons (Fsp3) is 0.900. The summed E-state index contributed by atoms with van der Waals surface area (Å²) in [6.45, 7) is 1.94. The van der Waals surface area contributed by atoms with Crippen molar-refractivity contribution in [1.82, 2.24) is 0 Å². The highest BCUT2D eigenvalue weighted by atomic mass is 16.3. The lowest BCUT2D eigenvalue weighted by atomic mass is 9.61. The van der Waals surface area contributed by atoms with Crippen LogP contribution in [-0.4, -0.2) is 17.0 Å².